The van der Waals surface area contributed by atoms with Gasteiger partial charge in [0, 0.05) is 18.5 Å². The Hall–Kier alpha value is -1.00. The molecule has 100 valence electrons. The van der Waals surface area contributed by atoms with Crippen LogP contribution in [-0.2, 0) is 11.2 Å². The zero-order valence-electron chi connectivity index (χ0n) is 11.6. The molecule has 0 atom stereocenters. The Morgan fingerprint density at radius 2 is 1.89 bits per heavy atom. The molecule has 0 aliphatic carbocycles. The molecule has 0 aliphatic heterocycles. The second-order valence-electron chi connectivity index (χ2n) is 5.05. The van der Waals surface area contributed by atoms with Crippen LogP contribution < -0.4 is 5.73 Å². The van der Waals surface area contributed by atoms with Crippen molar-refractivity contribution >= 4 is 17.7 Å². The molecule has 0 bridgehead atoms. The number of carbonyl (C=O) groups is 1. The van der Waals surface area contributed by atoms with E-state index < -0.39 is 5.54 Å². The van der Waals surface area contributed by atoms with E-state index >= 15 is 0 Å². The molecule has 0 saturated carbocycles. The fourth-order valence-electron chi connectivity index (χ4n) is 1.68. The molecular formula is C14H22N2OS. The molecule has 1 amide bonds. The first kappa shape index (κ1) is 15.1. The molecule has 1 aromatic rings. The molecule has 0 aromatic heterocycles. The van der Waals surface area contributed by atoms with Gasteiger partial charge in [-0.2, -0.15) is 0 Å². The quantitative estimate of drug-likeness (QED) is 0.831. The molecule has 0 aliphatic rings. The van der Waals surface area contributed by atoms with Gasteiger partial charge in [-0.15, -0.1) is 11.8 Å². The highest BCUT2D eigenvalue weighted by molar-refractivity contribution is 7.98. The molecule has 1 aromatic carbocycles. The van der Waals surface area contributed by atoms with E-state index in [1.807, 2.05) is 0 Å². The molecule has 2 N–H and O–H groups in total. The molecule has 18 heavy (non-hydrogen) atoms. The molecule has 1 rings (SSSR count). The van der Waals surface area contributed by atoms with Crippen molar-refractivity contribution in [3.05, 3.63) is 29.8 Å². The number of likely N-dealkylation sites (N-methyl/N-ethyl adjacent to an activating group) is 1. The Kier molecular flexibility index (Phi) is 5.23. The van der Waals surface area contributed by atoms with Gasteiger partial charge in [0.2, 0.25) is 5.91 Å². The van der Waals surface area contributed by atoms with E-state index in [1.165, 1.54) is 10.5 Å². The predicted octanol–water partition coefficient (Wildman–Crippen LogP) is 2.15. The maximum absolute atomic E-state index is 11.9. The molecule has 4 heteroatoms. The van der Waals surface area contributed by atoms with Crippen molar-refractivity contribution in [2.75, 3.05) is 19.8 Å². The molecule has 0 unspecified atom stereocenters. The zero-order valence-corrected chi connectivity index (χ0v) is 12.4. The van der Waals surface area contributed by atoms with Crippen molar-refractivity contribution in [2.45, 2.75) is 30.7 Å². The average Bonchev–Trinajstić information content (AvgIpc) is 2.34. The summed E-state index contributed by atoms with van der Waals surface area (Å²) in [4.78, 5) is 14.8. The van der Waals surface area contributed by atoms with Crippen LogP contribution in [0.25, 0.3) is 0 Å². The van der Waals surface area contributed by atoms with Gasteiger partial charge >= 0.3 is 0 Å². The minimum absolute atomic E-state index is 0.0248. The number of nitrogens with zero attached hydrogens (tertiary/aromatic N) is 1. The van der Waals surface area contributed by atoms with Crippen LogP contribution in [0.5, 0.6) is 0 Å². The summed E-state index contributed by atoms with van der Waals surface area (Å²) in [6.07, 6.45) is 2.91. The third kappa shape index (κ3) is 4.35. The van der Waals surface area contributed by atoms with E-state index in [2.05, 4.69) is 30.5 Å². The van der Waals surface area contributed by atoms with Crippen molar-refractivity contribution in [3.8, 4) is 0 Å². The number of benzene rings is 1. The van der Waals surface area contributed by atoms with E-state index in [1.54, 1.807) is 37.6 Å². The standard InChI is InChI=1S/C14H22N2OS/c1-14(2,15)13(17)16(3)10-9-11-5-7-12(18-4)8-6-11/h5-8H,9-10,15H2,1-4H3. The first-order valence-electron chi connectivity index (χ1n) is 6.02. The summed E-state index contributed by atoms with van der Waals surface area (Å²) in [6.45, 7) is 4.16. The van der Waals surface area contributed by atoms with Gasteiger partial charge in [0.25, 0.3) is 0 Å². The van der Waals surface area contributed by atoms with Gasteiger partial charge in [-0.1, -0.05) is 12.1 Å². The molecule has 3 nitrogen and oxygen atoms in total. The summed E-state index contributed by atoms with van der Waals surface area (Å²) in [6, 6.07) is 8.43. The Bertz CT molecular complexity index is 395. The highest BCUT2D eigenvalue weighted by atomic mass is 32.2. The van der Waals surface area contributed by atoms with Crippen LogP contribution in [0.4, 0.5) is 0 Å². The highest BCUT2D eigenvalue weighted by Crippen LogP contribution is 2.15. The lowest BCUT2D eigenvalue weighted by molar-refractivity contribution is -0.134. The molecule has 0 heterocycles. The number of carbonyl (C=O) groups excluding carboxylic acids is 1. The number of nitrogens with two attached hydrogens (primary N) is 1. The summed E-state index contributed by atoms with van der Waals surface area (Å²) in [7, 11) is 1.80. The fourth-order valence-corrected chi connectivity index (χ4v) is 2.09. The van der Waals surface area contributed by atoms with Crippen LogP contribution >= 0.6 is 11.8 Å². The van der Waals surface area contributed by atoms with Gasteiger partial charge in [-0.25, -0.2) is 0 Å². The third-order valence-electron chi connectivity index (χ3n) is 2.79. The van der Waals surface area contributed by atoms with Crippen LogP contribution in [0.2, 0.25) is 0 Å². The van der Waals surface area contributed by atoms with Gasteiger partial charge in [0.15, 0.2) is 0 Å². The van der Waals surface area contributed by atoms with E-state index in [-0.39, 0.29) is 5.91 Å². The minimum atomic E-state index is -0.794. The lowest BCUT2D eigenvalue weighted by Crippen LogP contribution is -2.50. The van der Waals surface area contributed by atoms with Crippen LogP contribution in [0.15, 0.2) is 29.2 Å². The molecule has 0 fully saturated rings. The van der Waals surface area contributed by atoms with E-state index in [4.69, 9.17) is 5.73 Å². The van der Waals surface area contributed by atoms with Crippen LogP contribution in [0, 0.1) is 0 Å². The lowest BCUT2D eigenvalue weighted by Gasteiger charge is -2.25. The summed E-state index contributed by atoms with van der Waals surface area (Å²) >= 11 is 1.73. The second-order valence-corrected chi connectivity index (χ2v) is 5.93. The van der Waals surface area contributed by atoms with E-state index in [9.17, 15) is 4.79 Å². The van der Waals surface area contributed by atoms with Gasteiger partial charge in [0.05, 0.1) is 5.54 Å². The van der Waals surface area contributed by atoms with Crippen molar-refractivity contribution in [2.24, 2.45) is 5.73 Å². The maximum Gasteiger partial charge on any atom is 0.241 e. The maximum atomic E-state index is 11.9. The van der Waals surface area contributed by atoms with Crippen molar-refractivity contribution in [1.82, 2.24) is 4.90 Å². The molecular weight excluding hydrogens is 244 g/mol. The number of amides is 1. The van der Waals surface area contributed by atoms with E-state index in [0.29, 0.717) is 6.54 Å². The highest BCUT2D eigenvalue weighted by Gasteiger charge is 2.25. The Morgan fingerprint density at radius 1 is 1.33 bits per heavy atom. The summed E-state index contributed by atoms with van der Waals surface area (Å²) in [5.74, 6) is -0.0248. The van der Waals surface area contributed by atoms with Gasteiger partial charge in [-0.05, 0) is 44.2 Å². The lowest BCUT2D eigenvalue weighted by atomic mass is 10.1. The molecule has 0 saturated heterocycles. The van der Waals surface area contributed by atoms with Crippen molar-refractivity contribution < 1.29 is 4.79 Å². The second kappa shape index (κ2) is 6.25. The number of hydrogen-bond donors (Lipinski definition) is 1. The van der Waals surface area contributed by atoms with Gasteiger partial charge in [-0.3, -0.25) is 4.79 Å². The third-order valence-corrected chi connectivity index (χ3v) is 3.54. The zero-order chi connectivity index (χ0) is 13.8. The summed E-state index contributed by atoms with van der Waals surface area (Å²) in [5.41, 5.74) is 6.24. The largest absolute Gasteiger partial charge is 0.344 e. The van der Waals surface area contributed by atoms with Crippen molar-refractivity contribution in [1.29, 1.82) is 0 Å². The topological polar surface area (TPSA) is 46.3 Å². The fraction of sp³-hybridized carbons (Fsp3) is 0.500. The number of hydrogen-bond acceptors (Lipinski definition) is 3. The summed E-state index contributed by atoms with van der Waals surface area (Å²) < 4.78 is 0. The predicted molar refractivity (Wildman–Crippen MR) is 77.8 cm³/mol. The Balaban J connectivity index is 2.52. The van der Waals surface area contributed by atoms with Gasteiger partial charge in [0.1, 0.15) is 0 Å². The van der Waals surface area contributed by atoms with E-state index in [0.717, 1.165) is 6.42 Å². The van der Waals surface area contributed by atoms with Crippen molar-refractivity contribution in [3.63, 3.8) is 0 Å². The average molecular weight is 266 g/mol. The van der Waals surface area contributed by atoms with Crippen LogP contribution in [0.3, 0.4) is 0 Å². The Labute approximate surface area is 114 Å². The number of rotatable bonds is 5. The summed E-state index contributed by atoms with van der Waals surface area (Å²) in [5, 5.41) is 0. The molecule has 0 spiro atoms. The van der Waals surface area contributed by atoms with Gasteiger partial charge < -0.3 is 10.6 Å². The SMILES string of the molecule is CSc1ccc(CCN(C)C(=O)C(C)(C)N)cc1. The first-order valence-corrected chi connectivity index (χ1v) is 7.24. The monoisotopic (exact) mass is 266 g/mol. The minimum Gasteiger partial charge on any atom is -0.344 e. The van der Waals surface area contributed by atoms with Crippen LogP contribution in [-0.4, -0.2) is 36.2 Å². The van der Waals surface area contributed by atoms with Crippen LogP contribution in [0.1, 0.15) is 19.4 Å². The normalized spacial score (nSPS) is 11.4. The first-order chi connectivity index (χ1) is 8.34. The number of thioether (sulfide) groups is 1. The Morgan fingerprint density at radius 3 is 2.33 bits per heavy atom. The smallest absolute Gasteiger partial charge is 0.241 e. The molecule has 0 radical (unpaired) electrons.